The number of nitrogens with zero attached hydrogens (tertiary/aromatic N) is 5. The number of anilines is 1. The third-order valence-corrected chi connectivity index (χ3v) is 5.17. The number of aromatic amines is 1. The number of hydrogen-bond donors (Lipinski definition) is 1. The largest absolute Gasteiger partial charge is 0.341 e. The van der Waals surface area contributed by atoms with Crippen molar-refractivity contribution in [2.45, 2.75) is 18.8 Å². The molecular weight excluding hydrogens is 330 g/mol. The minimum absolute atomic E-state index is 0.0151. The van der Waals surface area contributed by atoms with Gasteiger partial charge in [0.25, 0.3) is 11.8 Å². The number of hydrogen-bond acceptors (Lipinski definition) is 5. The van der Waals surface area contributed by atoms with E-state index in [9.17, 15) is 13.6 Å². The highest BCUT2D eigenvalue weighted by Crippen LogP contribution is 2.50. The molecule has 1 spiro atoms. The average Bonchev–Trinajstić information content (AvgIpc) is 3.29. The molecule has 0 unspecified atom stereocenters. The van der Waals surface area contributed by atoms with Crippen molar-refractivity contribution in [3.8, 4) is 0 Å². The smallest absolute Gasteiger partial charge is 0.271 e. The molecule has 132 valence electrons. The fourth-order valence-electron chi connectivity index (χ4n) is 3.74. The van der Waals surface area contributed by atoms with Gasteiger partial charge in [0.2, 0.25) is 5.95 Å². The van der Waals surface area contributed by atoms with Crippen molar-refractivity contribution in [3.63, 3.8) is 0 Å². The minimum Gasteiger partial charge on any atom is -0.341 e. The molecule has 2 aromatic heterocycles. The lowest BCUT2D eigenvalue weighted by Crippen LogP contribution is -2.58. The molecule has 1 amide bonds. The van der Waals surface area contributed by atoms with Crippen LogP contribution in [0.4, 0.5) is 14.7 Å². The molecule has 0 aromatic carbocycles. The molecule has 7 nitrogen and oxygen atoms in total. The van der Waals surface area contributed by atoms with E-state index < -0.39 is 11.3 Å². The summed E-state index contributed by atoms with van der Waals surface area (Å²) in [5.74, 6) is -2.67. The summed E-state index contributed by atoms with van der Waals surface area (Å²) in [6.07, 6.45) is 5.98. The molecule has 2 aromatic rings. The number of H-pyrrole nitrogens is 1. The first-order valence-corrected chi connectivity index (χ1v) is 8.18. The lowest BCUT2D eigenvalue weighted by atomic mass is 9.75. The quantitative estimate of drug-likeness (QED) is 0.891. The number of alkyl halides is 2. The van der Waals surface area contributed by atoms with E-state index >= 15 is 0 Å². The van der Waals surface area contributed by atoms with Crippen LogP contribution in [0.2, 0.25) is 0 Å². The molecule has 0 radical (unpaired) electrons. The summed E-state index contributed by atoms with van der Waals surface area (Å²) < 4.78 is 29.6. The summed E-state index contributed by atoms with van der Waals surface area (Å²) >= 11 is 0. The topological polar surface area (TPSA) is 78.0 Å². The van der Waals surface area contributed by atoms with Gasteiger partial charge in [-0.3, -0.25) is 4.79 Å². The van der Waals surface area contributed by atoms with Crippen molar-refractivity contribution in [1.29, 1.82) is 0 Å². The van der Waals surface area contributed by atoms with E-state index in [-0.39, 0.29) is 32.0 Å². The van der Waals surface area contributed by atoms with Crippen LogP contribution in [0.15, 0.2) is 31.0 Å². The number of rotatable bonds is 2. The van der Waals surface area contributed by atoms with Gasteiger partial charge in [-0.05, 0) is 12.5 Å². The van der Waals surface area contributed by atoms with Crippen molar-refractivity contribution in [2.75, 3.05) is 31.1 Å². The van der Waals surface area contributed by atoms with Gasteiger partial charge in [-0.25, -0.2) is 23.7 Å². The third kappa shape index (κ3) is 2.63. The van der Waals surface area contributed by atoms with E-state index in [0.717, 1.165) is 0 Å². The second-order valence-electron chi connectivity index (χ2n) is 6.65. The standard InChI is InChI=1S/C16H18F2N6O/c17-16(18)3-7-23(13(25)12-8-19-11-22-12)9-15(16)2-6-24(10-15)14-20-4-1-5-21-14/h1,4-5,8,11H,2-3,6-7,9-10H2,(H,19,22)/t15-/m1/s1. The van der Waals surface area contributed by atoms with Crippen molar-refractivity contribution in [1.82, 2.24) is 24.8 Å². The summed E-state index contributed by atoms with van der Waals surface area (Å²) in [6, 6.07) is 1.69. The summed E-state index contributed by atoms with van der Waals surface area (Å²) in [5.41, 5.74) is -0.957. The summed E-state index contributed by atoms with van der Waals surface area (Å²) in [5, 5.41) is 0. The average molecular weight is 348 g/mol. The van der Waals surface area contributed by atoms with E-state index in [0.29, 0.717) is 24.6 Å². The SMILES string of the molecule is O=C(c1cnc[nH]1)N1CCC(F)(F)[C@]2(CCN(c3ncccn3)C2)C1. The molecule has 0 saturated carbocycles. The van der Waals surface area contributed by atoms with Gasteiger partial charge in [0.05, 0.1) is 17.9 Å². The van der Waals surface area contributed by atoms with Crippen LogP contribution in [-0.4, -0.2) is 62.8 Å². The Bertz CT molecular complexity index is 753. The molecule has 0 aliphatic carbocycles. The molecule has 4 heterocycles. The number of piperidine rings is 1. The fourth-order valence-corrected chi connectivity index (χ4v) is 3.74. The van der Waals surface area contributed by atoms with Gasteiger partial charge in [-0.1, -0.05) is 0 Å². The van der Waals surface area contributed by atoms with E-state index in [1.807, 2.05) is 0 Å². The van der Waals surface area contributed by atoms with Gasteiger partial charge < -0.3 is 14.8 Å². The Morgan fingerprint density at radius 3 is 2.68 bits per heavy atom. The predicted octanol–water partition coefficient (Wildman–Crippen LogP) is 1.58. The Morgan fingerprint density at radius 1 is 1.16 bits per heavy atom. The second kappa shape index (κ2) is 5.75. The van der Waals surface area contributed by atoms with E-state index in [1.54, 1.807) is 23.4 Å². The maximum absolute atomic E-state index is 14.8. The van der Waals surface area contributed by atoms with Gasteiger partial charge in [0.15, 0.2) is 0 Å². The Morgan fingerprint density at radius 2 is 1.96 bits per heavy atom. The number of nitrogens with one attached hydrogen (secondary N) is 1. The zero-order valence-electron chi connectivity index (χ0n) is 13.5. The van der Waals surface area contributed by atoms with Crippen molar-refractivity contribution in [2.24, 2.45) is 5.41 Å². The van der Waals surface area contributed by atoms with Crippen LogP contribution in [-0.2, 0) is 0 Å². The molecule has 2 aliphatic rings. The maximum Gasteiger partial charge on any atom is 0.271 e. The molecule has 2 fully saturated rings. The molecule has 25 heavy (non-hydrogen) atoms. The van der Waals surface area contributed by atoms with E-state index in [1.165, 1.54) is 17.4 Å². The number of imidazole rings is 1. The van der Waals surface area contributed by atoms with Crippen LogP contribution >= 0.6 is 0 Å². The third-order valence-electron chi connectivity index (χ3n) is 5.17. The normalized spacial score (nSPS) is 25.5. The van der Waals surface area contributed by atoms with Gasteiger partial charge in [0, 0.05) is 45.0 Å². The molecule has 2 saturated heterocycles. The Labute approximate surface area is 143 Å². The zero-order valence-corrected chi connectivity index (χ0v) is 13.5. The van der Waals surface area contributed by atoms with Gasteiger partial charge in [-0.2, -0.15) is 0 Å². The number of carbonyl (C=O) groups is 1. The fraction of sp³-hybridized carbons (Fsp3) is 0.500. The van der Waals surface area contributed by atoms with Gasteiger partial charge >= 0.3 is 0 Å². The molecule has 1 atom stereocenters. The highest BCUT2D eigenvalue weighted by Gasteiger charge is 2.60. The van der Waals surface area contributed by atoms with Crippen LogP contribution in [0.1, 0.15) is 23.3 Å². The molecule has 1 N–H and O–H groups in total. The zero-order chi connectivity index (χ0) is 17.5. The first-order chi connectivity index (χ1) is 12.0. The Hall–Kier alpha value is -2.58. The van der Waals surface area contributed by atoms with Gasteiger partial charge in [-0.15, -0.1) is 0 Å². The van der Waals surface area contributed by atoms with Crippen molar-refractivity contribution >= 4 is 11.9 Å². The van der Waals surface area contributed by atoms with Crippen molar-refractivity contribution < 1.29 is 13.6 Å². The number of aromatic nitrogens is 4. The Balaban J connectivity index is 1.57. The highest BCUT2D eigenvalue weighted by molar-refractivity contribution is 5.92. The molecule has 4 rings (SSSR count). The number of halogens is 2. The number of likely N-dealkylation sites (tertiary alicyclic amines) is 1. The lowest BCUT2D eigenvalue weighted by molar-refractivity contribution is -0.150. The second-order valence-corrected chi connectivity index (χ2v) is 6.65. The molecule has 0 bridgehead atoms. The van der Waals surface area contributed by atoms with Crippen LogP contribution < -0.4 is 4.90 Å². The summed E-state index contributed by atoms with van der Waals surface area (Å²) in [4.78, 5) is 30.7. The minimum atomic E-state index is -2.83. The lowest BCUT2D eigenvalue weighted by Gasteiger charge is -2.45. The number of amides is 1. The van der Waals surface area contributed by atoms with Crippen LogP contribution in [0, 0.1) is 5.41 Å². The van der Waals surface area contributed by atoms with Gasteiger partial charge in [0.1, 0.15) is 5.69 Å². The van der Waals surface area contributed by atoms with Crippen LogP contribution in [0.25, 0.3) is 0 Å². The molecule has 2 aliphatic heterocycles. The monoisotopic (exact) mass is 348 g/mol. The van der Waals surface area contributed by atoms with E-state index in [4.69, 9.17) is 0 Å². The van der Waals surface area contributed by atoms with E-state index in [2.05, 4.69) is 19.9 Å². The highest BCUT2D eigenvalue weighted by atomic mass is 19.3. The van der Waals surface area contributed by atoms with Crippen LogP contribution in [0.5, 0.6) is 0 Å². The molecular formula is C16H18F2N6O. The van der Waals surface area contributed by atoms with Crippen molar-refractivity contribution in [3.05, 3.63) is 36.7 Å². The maximum atomic E-state index is 14.8. The van der Waals surface area contributed by atoms with Crippen LogP contribution in [0.3, 0.4) is 0 Å². The predicted molar refractivity (Wildman–Crippen MR) is 85.4 cm³/mol. The summed E-state index contributed by atoms with van der Waals surface area (Å²) in [7, 11) is 0. The first kappa shape index (κ1) is 15.9. The number of carbonyl (C=O) groups excluding carboxylic acids is 1. The Kier molecular flexibility index (Phi) is 3.66. The first-order valence-electron chi connectivity index (χ1n) is 8.18. The molecule has 9 heteroatoms. The summed E-state index contributed by atoms with van der Waals surface area (Å²) in [6.45, 7) is 0.637.